The average Bonchev–Trinajstić information content (AvgIpc) is 3.25. The summed E-state index contributed by atoms with van der Waals surface area (Å²) in [6.45, 7) is 0. The third-order valence-corrected chi connectivity index (χ3v) is 3.90. The predicted octanol–water partition coefficient (Wildman–Crippen LogP) is 3.67. The molecule has 7 heteroatoms. The van der Waals surface area contributed by atoms with Gasteiger partial charge in [0, 0.05) is 23.1 Å². The Balaban J connectivity index is 1.79. The Morgan fingerprint density at radius 3 is 2.78 bits per heavy atom. The van der Waals surface area contributed by atoms with Crippen molar-refractivity contribution in [3.8, 4) is 22.8 Å². The standard InChI is InChI=1S/C16H14N2O4S/c1-20-11-3-4-12(14(7-11)21-2)16(19)17-15-8-13(18-22-15)10-5-6-23-9-10/h3-9H,1-2H3,(H,17,19). The lowest BCUT2D eigenvalue weighted by Crippen LogP contribution is -2.12. The summed E-state index contributed by atoms with van der Waals surface area (Å²) >= 11 is 1.57. The van der Waals surface area contributed by atoms with Crippen LogP contribution in [0.4, 0.5) is 5.88 Å². The van der Waals surface area contributed by atoms with E-state index in [4.69, 9.17) is 14.0 Å². The smallest absolute Gasteiger partial charge is 0.261 e. The summed E-state index contributed by atoms with van der Waals surface area (Å²) in [4.78, 5) is 12.4. The SMILES string of the molecule is COc1ccc(C(=O)Nc2cc(-c3ccsc3)no2)c(OC)c1. The first-order valence-electron chi connectivity index (χ1n) is 6.74. The van der Waals surface area contributed by atoms with Gasteiger partial charge in [0.15, 0.2) is 0 Å². The van der Waals surface area contributed by atoms with Crippen LogP contribution in [0, 0.1) is 0 Å². The molecule has 6 nitrogen and oxygen atoms in total. The highest BCUT2D eigenvalue weighted by atomic mass is 32.1. The molecule has 0 unspecified atom stereocenters. The second kappa shape index (κ2) is 6.53. The van der Waals surface area contributed by atoms with Crippen molar-refractivity contribution in [3.63, 3.8) is 0 Å². The fourth-order valence-corrected chi connectivity index (χ4v) is 2.70. The zero-order valence-electron chi connectivity index (χ0n) is 12.5. The molecular weight excluding hydrogens is 316 g/mol. The second-order valence-electron chi connectivity index (χ2n) is 4.61. The quantitative estimate of drug-likeness (QED) is 0.772. The van der Waals surface area contributed by atoms with Gasteiger partial charge in [0.25, 0.3) is 5.91 Å². The highest BCUT2D eigenvalue weighted by molar-refractivity contribution is 7.08. The van der Waals surface area contributed by atoms with Crippen molar-refractivity contribution in [3.05, 3.63) is 46.7 Å². The number of ether oxygens (including phenoxy) is 2. The molecule has 0 aliphatic carbocycles. The number of carbonyl (C=O) groups is 1. The molecule has 3 rings (SSSR count). The number of hydrogen-bond donors (Lipinski definition) is 1. The van der Waals surface area contributed by atoms with Crippen molar-refractivity contribution < 1.29 is 18.8 Å². The van der Waals surface area contributed by atoms with Crippen LogP contribution in [0.25, 0.3) is 11.3 Å². The van der Waals surface area contributed by atoms with Crippen LogP contribution in [0.1, 0.15) is 10.4 Å². The van der Waals surface area contributed by atoms with Crippen molar-refractivity contribution in [1.82, 2.24) is 5.16 Å². The molecule has 0 bridgehead atoms. The Morgan fingerprint density at radius 1 is 1.22 bits per heavy atom. The lowest BCUT2D eigenvalue weighted by molar-refractivity contribution is 0.102. The number of hydrogen-bond acceptors (Lipinski definition) is 6. The lowest BCUT2D eigenvalue weighted by Gasteiger charge is -2.09. The van der Waals surface area contributed by atoms with Crippen molar-refractivity contribution in [2.24, 2.45) is 0 Å². The number of aromatic nitrogens is 1. The second-order valence-corrected chi connectivity index (χ2v) is 5.39. The van der Waals surface area contributed by atoms with Gasteiger partial charge in [-0.1, -0.05) is 5.16 Å². The maximum absolute atomic E-state index is 12.4. The van der Waals surface area contributed by atoms with E-state index in [0.29, 0.717) is 22.8 Å². The number of rotatable bonds is 5. The van der Waals surface area contributed by atoms with E-state index in [1.165, 1.54) is 7.11 Å². The molecule has 2 heterocycles. The minimum Gasteiger partial charge on any atom is -0.497 e. The summed E-state index contributed by atoms with van der Waals surface area (Å²) in [6, 6.07) is 8.57. The van der Waals surface area contributed by atoms with E-state index in [2.05, 4.69) is 10.5 Å². The van der Waals surface area contributed by atoms with Crippen LogP contribution in [0.5, 0.6) is 11.5 Å². The Bertz CT molecular complexity index is 811. The summed E-state index contributed by atoms with van der Waals surface area (Å²) in [5, 5.41) is 10.5. The molecule has 0 aliphatic rings. The van der Waals surface area contributed by atoms with Gasteiger partial charge in [0.05, 0.1) is 19.8 Å². The molecule has 1 N–H and O–H groups in total. The maximum Gasteiger partial charge on any atom is 0.261 e. The lowest BCUT2D eigenvalue weighted by atomic mass is 10.1. The number of nitrogens with zero attached hydrogens (tertiary/aromatic N) is 1. The Labute approximate surface area is 136 Å². The molecule has 118 valence electrons. The summed E-state index contributed by atoms with van der Waals surface area (Å²) in [6.07, 6.45) is 0. The molecule has 0 saturated carbocycles. The minimum atomic E-state index is -0.350. The first-order chi connectivity index (χ1) is 11.2. The average molecular weight is 330 g/mol. The summed E-state index contributed by atoms with van der Waals surface area (Å²) in [7, 11) is 3.05. The highest BCUT2D eigenvalue weighted by Gasteiger charge is 2.16. The number of carbonyl (C=O) groups excluding carboxylic acids is 1. The fraction of sp³-hybridized carbons (Fsp3) is 0.125. The minimum absolute atomic E-state index is 0.272. The molecule has 0 radical (unpaired) electrons. The van der Waals surface area contributed by atoms with Gasteiger partial charge < -0.3 is 14.0 Å². The monoisotopic (exact) mass is 330 g/mol. The first kappa shape index (κ1) is 15.1. The summed E-state index contributed by atoms with van der Waals surface area (Å²) in [5.41, 5.74) is 1.99. The largest absolute Gasteiger partial charge is 0.497 e. The van der Waals surface area contributed by atoms with Crippen molar-refractivity contribution >= 4 is 23.1 Å². The van der Waals surface area contributed by atoms with E-state index in [-0.39, 0.29) is 11.8 Å². The molecular formula is C16H14N2O4S. The zero-order valence-corrected chi connectivity index (χ0v) is 13.3. The van der Waals surface area contributed by atoms with Crippen molar-refractivity contribution in [1.29, 1.82) is 0 Å². The van der Waals surface area contributed by atoms with Crippen LogP contribution in [-0.2, 0) is 0 Å². The first-order valence-corrected chi connectivity index (χ1v) is 7.68. The van der Waals surface area contributed by atoms with Crippen LogP contribution in [0.3, 0.4) is 0 Å². The number of thiophene rings is 1. The van der Waals surface area contributed by atoms with Gasteiger partial charge in [-0.25, -0.2) is 0 Å². The van der Waals surface area contributed by atoms with Crippen LogP contribution < -0.4 is 14.8 Å². The Hall–Kier alpha value is -2.80. The van der Waals surface area contributed by atoms with Gasteiger partial charge in [0.1, 0.15) is 17.2 Å². The molecule has 2 aromatic heterocycles. The fourth-order valence-electron chi connectivity index (χ4n) is 2.05. The van der Waals surface area contributed by atoms with Gasteiger partial charge in [0.2, 0.25) is 5.88 Å². The van der Waals surface area contributed by atoms with E-state index < -0.39 is 0 Å². The van der Waals surface area contributed by atoms with Crippen LogP contribution >= 0.6 is 11.3 Å². The van der Waals surface area contributed by atoms with Crippen LogP contribution in [0.2, 0.25) is 0 Å². The molecule has 0 atom stereocenters. The van der Waals surface area contributed by atoms with Crippen LogP contribution in [0.15, 0.2) is 45.6 Å². The Kier molecular flexibility index (Phi) is 4.29. The zero-order chi connectivity index (χ0) is 16.2. The van der Waals surface area contributed by atoms with E-state index in [1.807, 2.05) is 16.8 Å². The van der Waals surface area contributed by atoms with Gasteiger partial charge >= 0.3 is 0 Å². The number of anilines is 1. The number of methoxy groups -OCH3 is 2. The van der Waals surface area contributed by atoms with Crippen LogP contribution in [-0.4, -0.2) is 25.3 Å². The molecule has 3 aromatic rings. The number of benzene rings is 1. The highest BCUT2D eigenvalue weighted by Crippen LogP contribution is 2.27. The van der Waals surface area contributed by atoms with Gasteiger partial charge in [-0.2, -0.15) is 11.3 Å². The molecule has 0 spiro atoms. The third kappa shape index (κ3) is 3.19. The Morgan fingerprint density at radius 2 is 2.09 bits per heavy atom. The maximum atomic E-state index is 12.4. The molecule has 23 heavy (non-hydrogen) atoms. The third-order valence-electron chi connectivity index (χ3n) is 3.22. The van der Waals surface area contributed by atoms with Gasteiger partial charge in [-0.3, -0.25) is 10.1 Å². The topological polar surface area (TPSA) is 73.6 Å². The molecule has 1 aromatic carbocycles. The summed E-state index contributed by atoms with van der Waals surface area (Å²) in [5.74, 6) is 0.948. The van der Waals surface area contributed by atoms with E-state index in [0.717, 1.165) is 5.56 Å². The molecule has 1 amide bonds. The molecule has 0 fully saturated rings. The molecule has 0 saturated heterocycles. The summed E-state index contributed by atoms with van der Waals surface area (Å²) < 4.78 is 15.5. The van der Waals surface area contributed by atoms with E-state index in [9.17, 15) is 4.79 Å². The number of amides is 1. The normalized spacial score (nSPS) is 10.3. The van der Waals surface area contributed by atoms with Gasteiger partial charge in [-0.05, 0) is 23.6 Å². The molecule has 0 aliphatic heterocycles. The van der Waals surface area contributed by atoms with E-state index in [1.54, 1.807) is 42.7 Å². The van der Waals surface area contributed by atoms with Gasteiger partial charge in [-0.15, -0.1) is 0 Å². The number of nitrogens with one attached hydrogen (secondary N) is 1. The van der Waals surface area contributed by atoms with Crippen molar-refractivity contribution in [2.45, 2.75) is 0 Å². The van der Waals surface area contributed by atoms with Crippen molar-refractivity contribution in [2.75, 3.05) is 19.5 Å². The van der Waals surface area contributed by atoms with E-state index >= 15 is 0 Å². The predicted molar refractivity (Wildman–Crippen MR) is 87.3 cm³/mol.